The molecule has 0 heterocycles. The van der Waals surface area contributed by atoms with Gasteiger partial charge in [-0.15, -0.1) is 0 Å². The molecule has 0 amide bonds. The summed E-state index contributed by atoms with van der Waals surface area (Å²) in [5.41, 5.74) is 0. The van der Waals surface area contributed by atoms with Crippen LogP contribution < -0.4 is 0 Å². The van der Waals surface area contributed by atoms with Gasteiger partial charge in [-0.1, -0.05) is 289 Å². The van der Waals surface area contributed by atoms with Gasteiger partial charge in [0.15, 0.2) is 6.10 Å². The van der Waals surface area contributed by atoms with Gasteiger partial charge in [-0.25, -0.2) is 0 Å². The Morgan fingerprint density at radius 1 is 0.294 bits per heavy atom. The molecule has 400 valence electrons. The zero-order valence-electron chi connectivity index (χ0n) is 45.9. The topological polar surface area (TPSA) is 78.9 Å². The molecule has 6 heteroatoms. The van der Waals surface area contributed by atoms with E-state index >= 15 is 0 Å². The second kappa shape index (κ2) is 57.5. The Morgan fingerprint density at radius 3 is 0.838 bits per heavy atom. The number of ether oxygens (including phenoxy) is 3. The van der Waals surface area contributed by atoms with E-state index in [0.29, 0.717) is 19.3 Å². The molecule has 0 N–H and O–H groups in total. The van der Waals surface area contributed by atoms with Crippen molar-refractivity contribution in [3.8, 4) is 0 Å². The summed E-state index contributed by atoms with van der Waals surface area (Å²) < 4.78 is 16.9. The number of rotatable bonds is 56. The minimum atomic E-state index is -0.772. The first-order valence-corrected chi connectivity index (χ1v) is 30.3. The van der Waals surface area contributed by atoms with E-state index in [1.165, 1.54) is 218 Å². The maximum Gasteiger partial charge on any atom is 0.306 e. The number of hydrogen-bond donors (Lipinski definition) is 0. The maximum atomic E-state index is 12.9. The van der Waals surface area contributed by atoms with Crippen molar-refractivity contribution >= 4 is 17.9 Å². The van der Waals surface area contributed by atoms with E-state index in [0.717, 1.165) is 77.0 Å². The number of allylic oxidation sites excluding steroid dienone is 4. The Bertz CT molecular complexity index is 1100. The van der Waals surface area contributed by atoms with Crippen LogP contribution in [0.5, 0.6) is 0 Å². The van der Waals surface area contributed by atoms with Crippen LogP contribution in [0.3, 0.4) is 0 Å². The van der Waals surface area contributed by atoms with Crippen molar-refractivity contribution in [1.29, 1.82) is 0 Å². The third-order valence-electron chi connectivity index (χ3n) is 13.7. The van der Waals surface area contributed by atoms with Crippen molar-refractivity contribution in [2.75, 3.05) is 13.2 Å². The van der Waals surface area contributed by atoms with Crippen LogP contribution in [0.15, 0.2) is 24.3 Å². The summed E-state index contributed by atoms with van der Waals surface area (Å²) >= 11 is 0. The molecule has 0 aliphatic carbocycles. The van der Waals surface area contributed by atoms with Crippen LogP contribution in [0.1, 0.15) is 335 Å². The van der Waals surface area contributed by atoms with E-state index in [1.54, 1.807) is 0 Å². The molecule has 0 bridgehead atoms. The number of esters is 3. The molecule has 0 aliphatic heterocycles. The van der Waals surface area contributed by atoms with E-state index in [9.17, 15) is 14.4 Å². The molecule has 6 nitrogen and oxygen atoms in total. The summed E-state index contributed by atoms with van der Waals surface area (Å²) in [5, 5.41) is 0. The zero-order valence-corrected chi connectivity index (χ0v) is 45.9. The third-order valence-corrected chi connectivity index (χ3v) is 13.7. The van der Waals surface area contributed by atoms with Crippen LogP contribution in [0.2, 0.25) is 0 Å². The van der Waals surface area contributed by atoms with Gasteiger partial charge in [0.1, 0.15) is 13.2 Å². The molecular formula is C62H116O6. The maximum absolute atomic E-state index is 12.9. The molecule has 0 saturated heterocycles. The molecule has 0 aromatic rings. The predicted octanol–water partition coefficient (Wildman–Crippen LogP) is 20.3. The zero-order chi connectivity index (χ0) is 49.3. The lowest BCUT2D eigenvalue weighted by atomic mass is 10.0. The second-order valence-corrected chi connectivity index (χ2v) is 20.6. The summed E-state index contributed by atoms with van der Waals surface area (Å²) in [4.78, 5) is 38.2. The first-order chi connectivity index (χ1) is 33.5. The summed E-state index contributed by atoms with van der Waals surface area (Å²) in [7, 11) is 0. The molecule has 0 radical (unpaired) electrons. The van der Waals surface area contributed by atoms with Gasteiger partial charge in [-0.05, 0) is 51.4 Å². The van der Waals surface area contributed by atoms with Crippen molar-refractivity contribution < 1.29 is 28.6 Å². The van der Waals surface area contributed by atoms with E-state index < -0.39 is 6.10 Å². The fourth-order valence-electron chi connectivity index (χ4n) is 9.12. The second-order valence-electron chi connectivity index (χ2n) is 20.6. The van der Waals surface area contributed by atoms with Crippen LogP contribution in [0.4, 0.5) is 0 Å². The average Bonchev–Trinajstić information content (AvgIpc) is 3.34. The van der Waals surface area contributed by atoms with Gasteiger partial charge in [-0.3, -0.25) is 14.4 Å². The van der Waals surface area contributed by atoms with Gasteiger partial charge in [0, 0.05) is 19.3 Å². The standard InChI is InChI=1S/C62H116O6/c1-4-7-10-13-16-19-22-25-28-30-32-34-37-40-43-46-49-52-55-61(64)67-58-59(57-66-60(63)54-51-48-45-42-39-36-33-27-24-21-18-15-12-9-6-3)68-62(65)56-53-50-47-44-41-38-35-31-29-26-23-20-17-14-11-8-5-2/h18,21,27,33,59H,4-17,19-20,22-26,28-32,34-58H2,1-3H3/b21-18+,33-27+/t59-/m1/s1. The van der Waals surface area contributed by atoms with E-state index in [1.807, 2.05) is 0 Å². The van der Waals surface area contributed by atoms with Crippen LogP contribution in [-0.4, -0.2) is 37.2 Å². The molecule has 0 aromatic heterocycles. The first-order valence-electron chi connectivity index (χ1n) is 30.3. The molecule has 0 fully saturated rings. The van der Waals surface area contributed by atoms with Gasteiger partial charge in [-0.2, -0.15) is 0 Å². The fourth-order valence-corrected chi connectivity index (χ4v) is 9.12. The summed E-state index contributed by atoms with van der Waals surface area (Å²) in [6, 6.07) is 0. The number of hydrogen-bond acceptors (Lipinski definition) is 6. The van der Waals surface area contributed by atoms with Crippen LogP contribution in [0, 0.1) is 0 Å². The van der Waals surface area contributed by atoms with Crippen molar-refractivity contribution in [3.05, 3.63) is 24.3 Å². The Labute approximate surface area is 423 Å². The molecule has 0 unspecified atom stereocenters. The van der Waals surface area contributed by atoms with Crippen LogP contribution in [0.25, 0.3) is 0 Å². The number of unbranched alkanes of at least 4 members (excludes halogenated alkanes) is 41. The molecule has 68 heavy (non-hydrogen) atoms. The average molecular weight is 958 g/mol. The minimum absolute atomic E-state index is 0.0698. The van der Waals surface area contributed by atoms with Crippen molar-refractivity contribution in [2.45, 2.75) is 341 Å². The smallest absolute Gasteiger partial charge is 0.306 e. The van der Waals surface area contributed by atoms with Crippen LogP contribution >= 0.6 is 0 Å². The van der Waals surface area contributed by atoms with Crippen molar-refractivity contribution in [3.63, 3.8) is 0 Å². The highest BCUT2D eigenvalue weighted by Gasteiger charge is 2.19. The minimum Gasteiger partial charge on any atom is -0.462 e. The highest BCUT2D eigenvalue weighted by atomic mass is 16.6. The van der Waals surface area contributed by atoms with Crippen LogP contribution in [-0.2, 0) is 28.6 Å². The normalized spacial score (nSPS) is 12.1. The quantitative estimate of drug-likeness (QED) is 0.0262. The van der Waals surface area contributed by atoms with Gasteiger partial charge < -0.3 is 14.2 Å². The Morgan fingerprint density at radius 2 is 0.529 bits per heavy atom. The summed E-state index contributed by atoms with van der Waals surface area (Å²) in [5.74, 6) is -0.859. The summed E-state index contributed by atoms with van der Waals surface area (Å²) in [6.07, 6.45) is 67.4. The van der Waals surface area contributed by atoms with Gasteiger partial charge in [0.25, 0.3) is 0 Å². The predicted molar refractivity (Wildman–Crippen MR) is 293 cm³/mol. The van der Waals surface area contributed by atoms with E-state index in [4.69, 9.17) is 14.2 Å². The van der Waals surface area contributed by atoms with Gasteiger partial charge in [0.05, 0.1) is 0 Å². The first kappa shape index (κ1) is 65.9. The Kier molecular flexibility index (Phi) is 55.7. The summed E-state index contributed by atoms with van der Waals surface area (Å²) in [6.45, 7) is 6.67. The number of carbonyl (C=O) groups is 3. The van der Waals surface area contributed by atoms with Crippen molar-refractivity contribution in [1.82, 2.24) is 0 Å². The van der Waals surface area contributed by atoms with E-state index in [-0.39, 0.29) is 31.1 Å². The number of carbonyl (C=O) groups excluding carboxylic acids is 3. The third kappa shape index (κ3) is 54.8. The van der Waals surface area contributed by atoms with Gasteiger partial charge in [0.2, 0.25) is 0 Å². The van der Waals surface area contributed by atoms with Gasteiger partial charge >= 0.3 is 17.9 Å². The molecule has 0 spiro atoms. The highest BCUT2D eigenvalue weighted by molar-refractivity contribution is 5.71. The lowest BCUT2D eigenvalue weighted by Gasteiger charge is -2.18. The van der Waals surface area contributed by atoms with E-state index in [2.05, 4.69) is 45.1 Å². The lowest BCUT2D eigenvalue weighted by molar-refractivity contribution is -0.167. The molecule has 1 atom stereocenters. The van der Waals surface area contributed by atoms with Crippen molar-refractivity contribution in [2.24, 2.45) is 0 Å². The Hall–Kier alpha value is -2.11. The fraction of sp³-hybridized carbons (Fsp3) is 0.887. The molecule has 0 aliphatic rings. The molecular weight excluding hydrogens is 841 g/mol. The molecule has 0 saturated carbocycles. The largest absolute Gasteiger partial charge is 0.462 e. The highest BCUT2D eigenvalue weighted by Crippen LogP contribution is 2.17. The monoisotopic (exact) mass is 957 g/mol. The lowest BCUT2D eigenvalue weighted by Crippen LogP contribution is -2.30. The molecule has 0 rings (SSSR count). The molecule has 0 aromatic carbocycles. The SMILES string of the molecule is CCCCC/C=C/C/C=C/CCCCCCCC(=O)OC[C@H](COC(=O)CCCCCCCCCCCCCCCCCCCC)OC(=O)CCCCCCCCCCCCCCCCCCC. The Balaban J connectivity index is 4.32.